The maximum Gasteiger partial charge on any atom is 0.238 e. The molecule has 5 nitrogen and oxygen atoms in total. The monoisotopic (exact) mass is 250 g/mol. The standard InChI is InChI=1S/C11H14N4OS/c1-7-9(17-6-14-7)5-13-10-4-3-8(12)11(15-10)16-2/h3-4,6H,5,12H2,1-2H3,(H,13,15). The van der Waals surface area contributed by atoms with Crippen molar-refractivity contribution in [1.82, 2.24) is 9.97 Å². The van der Waals surface area contributed by atoms with E-state index in [4.69, 9.17) is 10.5 Å². The summed E-state index contributed by atoms with van der Waals surface area (Å²) in [5.74, 6) is 1.18. The van der Waals surface area contributed by atoms with Gasteiger partial charge in [-0.05, 0) is 19.1 Å². The number of methoxy groups -OCH3 is 1. The SMILES string of the molecule is COc1nc(NCc2scnc2C)ccc1N. The molecule has 3 N–H and O–H groups in total. The lowest BCUT2D eigenvalue weighted by atomic mass is 10.3. The first-order chi connectivity index (χ1) is 8.20. The average Bonchev–Trinajstić information content (AvgIpc) is 2.74. The summed E-state index contributed by atoms with van der Waals surface area (Å²) < 4.78 is 5.06. The molecule has 0 amide bonds. The molecule has 2 aromatic heterocycles. The van der Waals surface area contributed by atoms with E-state index in [9.17, 15) is 0 Å². The Morgan fingerprint density at radius 2 is 2.29 bits per heavy atom. The first kappa shape index (κ1) is 11.7. The fourth-order valence-corrected chi connectivity index (χ4v) is 2.10. The summed E-state index contributed by atoms with van der Waals surface area (Å²) in [4.78, 5) is 9.63. The van der Waals surface area contributed by atoms with Crippen molar-refractivity contribution in [2.24, 2.45) is 0 Å². The molecule has 2 aromatic rings. The number of ether oxygens (including phenoxy) is 1. The molecule has 0 fully saturated rings. The zero-order valence-electron chi connectivity index (χ0n) is 9.73. The second kappa shape index (κ2) is 5.01. The summed E-state index contributed by atoms with van der Waals surface area (Å²) in [6.07, 6.45) is 0. The molecule has 2 rings (SSSR count). The minimum Gasteiger partial charge on any atom is -0.479 e. The largest absolute Gasteiger partial charge is 0.479 e. The lowest BCUT2D eigenvalue weighted by molar-refractivity contribution is 0.401. The third kappa shape index (κ3) is 2.65. The molecule has 0 aliphatic rings. The summed E-state index contributed by atoms with van der Waals surface area (Å²) in [6.45, 7) is 2.70. The predicted molar refractivity (Wildman–Crippen MR) is 69.4 cm³/mol. The minimum atomic E-state index is 0.441. The Morgan fingerprint density at radius 3 is 2.94 bits per heavy atom. The van der Waals surface area contributed by atoms with Gasteiger partial charge in [-0.15, -0.1) is 11.3 Å². The third-order valence-electron chi connectivity index (χ3n) is 2.36. The van der Waals surface area contributed by atoms with Gasteiger partial charge in [-0.1, -0.05) is 0 Å². The molecule has 0 aliphatic carbocycles. The van der Waals surface area contributed by atoms with Crippen LogP contribution in [0.1, 0.15) is 10.6 Å². The molecule has 17 heavy (non-hydrogen) atoms. The van der Waals surface area contributed by atoms with Crippen molar-refractivity contribution in [3.63, 3.8) is 0 Å². The number of nitrogen functional groups attached to an aromatic ring is 1. The van der Waals surface area contributed by atoms with Crippen LogP contribution in [0.2, 0.25) is 0 Å². The Hall–Kier alpha value is -1.82. The lowest BCUT2D eigenvalue weighted by Crippen LogP contribution is -2.03. The van der Waals surface area contributed by atoms with E-state index >= 15 is 0 Å². The molecule has 0 spiro atoms. The average molecular weight is 250 g/mol. The fourth-order valence-electron chi connectivity index (χ4n) is 1.38. The van der Waals surface area contributed by atoms with Gasteiger partial charge in [-0.3, -0.25) is 0 Å². The molecule has 90 valence electrons. The molecule has 0 atom stereocenters. The van der Waals surface area contributed by atoms with Gasteiger partial charge in [0, 0.05) is 4.88 Å². The predicted octanol–water partition coefficient (Wildman–Crippen LogP) is 2.05. The summed E-state index contributed by atoms with van der Waals surface area (Å²) >= 11 is 1.62. The number of hydrogen-bond donors (Lipinski definition) is 2. The quantitative estimate of drug-likeness (QED) is 0.868. The smallest absolute Gasteiger partial charge is 0.238 e. The van der Waals surface area contributed by atoms with Crippen molar-refractivity contribution >= 4 is 22.8 Å². The number of rotatable bonds is 4. The van der Waals surface area contributed by atoms with Crippen LogP contribution in [0.3, 0.4) is 0 Å². The number of hydrogen-bond acceptors (Lipinski definition) is 6. The number of aryl methyl sites for hydroxylation is 1. The zero-order valence-corrected chi connectivity index (χ0v) is 10.5. The van der Waals surface area contributed by atoms with Crippen LogP contribution in [0.5, 0.6) is 5.88 Å². The highest BCUT2D eigenvalue weighted by atomic mass is 32.1. The van der Waals surface area contributed by atoms with E-state index in [-0.39, 0.29) is 0 Å². The second-order valence-corrected chi connectivity index (χ2v) is 4.45. The topological polar surface area (TPSA) is 73.1 Å². The molecular formula is C11H14N4OS. The first-order valence-corrected chi connectivity index (χ1v) is 6.02. The minimum absolute atomic E-state index is 0.441. The molecule has 0 saturated carbocycles. The van der Waals surface area contributed by atoms with Gasteiger partial charge in [0.1, 0.15) is 5.82 Å². The van der Waals surface area contributed by atoms with Crippen LogP contribution in [-0.4, -0.2) is 17.1 Å². The van der Waals surface area contributed by atoms with Gasteiger partial charge in [0.15, 0.2) is 0 Å². The molecule has 2 heterocycles. The molecule has 0 unspecified atom stereocenters. The number of pyridine rings is 1. The molecular weight excluding hydrogens is 236 g/mol. The highest BCUT2D eigenvalue weighted by molar-refractivity contribution is 7.09. The Morgan fingerprint density at radius 1 is 1.47 bits per heavy atom. The van der Waals surface area contributed by atoms with E-state index in [1.54, 1.807) is 24.5 Å². The normalized spacial score (nSPS) is 10.2. The van der Waals surface area contributed by atoms with E-state index in [1.807, 2.05) is 18.5 Å². The van der Waals surface area contributed by atoms with Crippen molar-refractivity contribution in [3.05, 3.63) is 28.2 Å². The Labute approximate surface area is 104 Å². The number of thiazole rings is 1. The van der Waals surface area contributed by atoms with Crippen LogP contribution in [-0.2, 0) is 6.54 Å². The van der Waals surface area contributed by atoms with E-state index < -0.39 is 0 Å². The Kier molecular flexibility index (Phi) is 3.43. The Balaban J connectivity index is 2.07. The Bertz CT molecular complexity index is 512. The summed E-state index contributed by atoms with van der Waals surface area (Å²) in [7, 11) is 1.55. The van der Waals surface area contributed by atoms with Gasteiger partial charge in [0.05, 0.1) is 30.5 Å². The van der Waals surface area contributed by atoms with Crippen molar-refractivity contribution in [2.45, 2.75) is 13.5 Å². The number of nitrogens with zero attached hydrogens (tertiary/aromatic N) is 2. The van der Waals surface area contributed by atoms with Gasteiger partial charge in [-0.25, -0.2) is 4.98 Å². The highest BCUT2D eigenvalue weighted by Gasteiger charge is 2.04. The van der Waals surface area contributed by atoms with Gasteiger partial charge >= 0.3 is 0 Å². The molecule has 6 heteroatoms. The summed E-state index contributed by atoms with van der Waals surface area (Å²) in [5.41, 5.74) is 9.11. The van der Waals surface area contributed by atoms with Crippen molar-refractivity contribution in [1.29, 1.82) is 0 Å². The first-order valence-electron chi connectivity index (χ1n) is 5.14. The van der Waals surface area contributed by atoms with Gasteiger partial charge < -0.3 is 15.8 Å². The molecule has 0 bridgehead atoms. The molecule has 0 saturated heterocycles. The highest BCUT2D eigenvalue weighted by Crippen LogP contribution is 2.21. The van der Waals surface area contributed by atoms with Crippen molar-refractivity contribution < 1.29 is 4.74 Å². The number of aromatic nitrogens is 2. The maximum atomic E-state index is 5.69. The summed E-state index contributed by atoms with van der Waals surface area (Å²) in [5, 5.41) is 3.21. The molecule has 0 aliphatic heterocycles. The van der Waals surface area contributed by atoms with Gasteiger partial charge in [-0.2, -0.15) is 4.98 Å². The summed E-state index contributed by atoms with van der Waals surface area (Å²) in [6, 6.07) is 3.60. The van der Waals surface area contributed by atoms with Crippen LogP contribution in [0.15, 0.2) is 17.6 Å². The fraction of sp³-hybridized carbons (Fsp3) is 0.273. The zero-order chi connectivity index (χ0) is 12.3. The second-order valence-electron chi connectivity index (χ2n) is 3.51. The van der Waals surface area contributed by atoms with E-state index in [1.165, 1.54) is 4.88 Å². The van der Waals surface area contributed by atoms with Crippen LogP contribution < -0.4 is 15.8 Å². The van der Waals surface area contributed by atoms with E-state index in [2.05, 4.69) is 15.3 Å². The van der Waals surface area contributed by atoms with E-state index in [0.29, 0.717) is 18.1 Å². The van der Waals surface area contributed by atoms with Crippen LogP contribution in [0, 0.1) is 6.92 Å². The molecule has 0 aromatic carbocycles. The van der Waals surface area contributed by atoms with Crippen LogP contribution >= 0.6 is 11.3 Å². The molecule has 0 radical (unpaired) electrons. The van der Waals surface area contributed by atoms with E-state index in [0.717, 1.165) is 11.5 Å². The van der Waals surface area contributed by atoms with Gasteiger partial charge in [0.2, 0.25) is 5.88 Å². The van der Waals surface area contributed by atoms with Gasteiger partial charge in [0.25, 0.3) is 0 Å². The number of nitrogens with one attached hydrogen (secondary N) is 1. The van der Waals surface area contributed by atoms with Crippen molar-refractivity contribution in [3.8, 4) is 5.88 Å². The number of anilines is 2. The lowest BCUT2D eigenvalue weighted by Gasteiger charge is -2.08. The third-order valence-corrected chi connectivity index (χ3v) is 3.29. The number of nitrogens with two attached hydrogens (primary N) is 1. The van der Waals surface area contributed by atoms with Crippen LogP contribution in [0.4, 0.5) is 11.5 Å². The maximum absolute atomic E-state index is 5.69. The van der Waals surface area contributed by atoms with Crippen LogP contribution in [0.25, 0.3) is 0 Å². The van der Waals surface area contributed by atoms with Crippen molar-refractivity contribution in [2.75, 3.05) is 18.2 Å².